The first-order valence-corrected chi connectivity index (χ1v) is 8.11. The maximum absolute atomic E-state index is 11.9. The molecule has 108 valence electrons. The first-order chi connectivity index (χ1) is 9.67. The Morgan fingerprint density at radius 3 is 2.60 bits per heavy atom. The lowest BCUT2D eigenvalue weighted by atomic mass is 10.1. The molecule has 0 amide bonds. The van der Waals surface area contributed by atoms with Crippen LogP contribution in [0.5, 0.6) is 0 Å². The molecule has 5 heteroatoms. The van der Waals surface area contributed by atoms with Gasteiger partial charge in [0.15, 0.2) is 5.78 Å². The van der Waals surface area contributed by atoms with E-state index in [2.05, 4.69) is 11.4 Å². The van der Waals surface area contributed by atoms with E-state index in [1.165, 1.54) is 37.0 Å². The van der Waals surface area contributed by atoms with Crippen LogP contribution in [-0.2, 0) is 0 Å². The largest absolute Gasteiger partial charge is 0.396 e. The number of hydrogen-bond acceptors (Lipinski definition) is 5. The molecule has 1 aromatic rings. The number of carbonyl (C=O) groups excluding carboxylic acids is 1. The number of ketones is 1. The molecule has 1 heterocycles. The lowest BCUT2D eigenvalue weighted by molar-refractivity contribution is 0.0993. The lowest BCUT2D eigenvalue weighted by Crippen LogP contribution is -2.18. The van der Waals surface area contributed by atoms with Crippen LogP contribution in [0.2, 0.25) is 0 Å². The lowest BCUT2D eigenvalue weighted by Gasteiger charge is -2.16. The van der Waals surface area contributed by atoms with E-state index in [1.54, 1.807) is 0 Å². The number of nitrogens with zero attached hydrogens (tertiary/aromatic N) is 1. The Hall–Kier alpha value is -1.54. The van der Waals surface area contributed by atoms with Crippen molar-refractivity contribution < 1.29 is 4.79 Å². The zero-order valence-electron chi connectivity index (χ0n) is 11.9. The molecule has 0 aromatic carbocycles. The number of carbonyl (C=O) groups is 1. The first-order valence-electron chi connectivity index (χ1n) is 7.29. The van der Waals surface area contributed by atoms with E-state index < -0.39 is 0 Å². The fraction of sp³-hybridized carbons (Fsp3) is 0.600. The second kappa shape index (κ2) is 6.76. The average Bonchev–Trinajstić information content (AvgIpc) is 2.63. The van der Waals surface area contributed by atoms with Gasteiger partial charge in [0.05, 0.1) is 10.6 Å². The zero-order chi connectivity index (χ0) is 14.5. The third-order valence-electron chi connectivity index (χ3n) is 3.82. The van der Waals surface area contributed by atoms with Gasteiger partial charge in [-0.3, -0.25) is 4.79 Å². The molecule has 0 spiro atoms. The van der Waals surface area contributed by atoms with Gasteiger partial charge in [-0.15, -0.1) is 11.3 Å². The topological polar surface area (TPSA) is 78.9 Å². The van der Waals surface area contributed by atoms with Gasteiger partial charge in [-0.25, -0.2) is 0 Å². The Kier molecular flexibility index (Phi) is 5.02. The molecule has 0 bridgehead atoms. The van der Waals surface area contributed by atoms with Crippen molar-refractivity contribution in [3.63, 3.8) is 0 Å². The SMILES string of the molecule is CCC(=O)c1sc(NC2CCCCCC2)c(C#N)c1N. The van der Waals surface area contributed by atoms with E-state index in [9.17, 15) is 10.1 Å². The Morgan fingerprint density at radius 2 is 2.05 bits per heavy atom. The van der Waals surface area contributed by atoms with E-state index in [0.29, 0.717) is 28.6 Å². The summed E-state index contributed by atoms with van der Waals surface area (Å²) in [6.07, 6.45) is 7.69. The molecule has 1 saturated carbocycles. The summed E-state index contributed by atoms with van der Waals surface area (Å²) in [5, 5.41) is 13.5. The summed E-state index contributed by atoms with van der Waals surface area (Å²) >= 11 is 1.34. The van der Waals surface area contributed by atoms with Crippen molar-refractivity contribution in [2.24, 2.45) is 0 Å². The summed E-state index contributed by atoms with van der Waals surface area (Å²) in [7, 11) is 0. The van der Waals surface area contributed by atoms with Gasteiger partial charge in [0.25, 0.3) is 0 Å². The number of nitrogens with one attached hydrogen (secondary N) is 1. The Labute approximate surface area is 124 Å². The summed E-state index contributed by atoms with van der Waals surface area (Å²) in [5.41, 5.74) is 6.74. The van der Waals surface area contributed by atoms with E-state index in [1.807, 2.05) is 6.92 Å². The number of thiophene rings is 1. The van der Waals surface area contributed by atoms with Crippen LogP contribution in [0, 0.1) is 11.3 Å². The first kappa shape index (κ1) is 14.9. The number of nitriles is 1. The van der Waals surface area contributed by atoms with E-state index in [0.717, 1.165) is 17.8 Å². The van der Waals surface area contributed by atoms with Crippen LogP contribution < -0.4 is 11.1 Å². The highest BCUT2D eigenvalue weighted by atomic mass is 32.1. The van der Waals surface area contributed by atoms with Gasteiger partial charge in [-0.2, -0.15) is 5.26 Å². The molecular formula is C15H21N3OS. The fourth-order valence-corrected chi connectivity index (χ4v) is 3.79. The highest BCUT2D eigenvalue weighted by Gasteiger charge is 2.22. The minimum absolute atomic E-state index is 0.0120. The fourth-order valence-electron chi connectivity index (χ4n) is 2.63. The minimum atomic E-state index is 0.0120. The number of nitrogens with two attached hydrogens (primary N) is 1. The van der Waals surface area contributed by atoms with Crippen molar-refractivity contribution in [2.45, 2.75) is 57.9 Å². The second-order valence-corrected chi connectivity index (χ2v) is 6.29. The van der Waals surface area contributed by atoms with Crippen molar-refractivity contribution in [1.29, 1.82) is 5.26 Å². The molecule has 3 N–H and O–H groups in total. The third-order valence-corrected chi connectivity index (χ3v) is 5.00. The van der Waals surface area contributed by atoms with Crippen LogP contribution in [0.25, 0.3) is 0 Å². The number of rotatable bonds is 4. The number of hydrogen-bond donors (Lipinski definition) is 2. The van der Waals surface area contributed by atoms with Crippen molar-refractivity contribution in [3.05, 3.63) is 10.4 Å². The van der Waals surface area contributed by atoms with Gasteiger partial charge in [-0.05, 0) is 12.8 Å². The molecule has 0 aliphatic heterocycles. The molecular weight excluding hydrogens is 270 g/mol. The number of anilines is 2. The maximum Gasteiger partial charge on any atom is 0.174 e. The quantitative estimate of drug-likeness (QED) is 0.650. The van der Waals surface area contributed by atoms with Crippen LogP contribution in [0.3, 0.4) is 0 Å². The van der Waals surface area contributed by atoms with Gasteiger partial charge in [0.1, 0.15) is 16.6 Å². The smallest absolute Gasteiger partial charge is 0.174 e. The molecule has 0 atom stereocenters. The molecule has 0 saturated heterocycles. The summed E-state index contributed by atoms with van der Waals surface area (Å²) in [6.45, 7) is 1.81. The normalized spacial score (nSPS) is 16.4. The molecule has 2 rings (SSSR count). The molecule has 1 aliphatic rings. The summed E-state index contributed by atoms with van der Waals surface area (Å²) in [5.74, 6) is 0.0120. The molecule has 1 aromatic heterocycles. The minimum Gasteiger partial charge on any atom is -0.396 e. The third kappa shape index (κ3) is 3.13. The van der Waals surface area contributed by atoms with Gasteiger partial charge >= 0.3 is 0 Å². The summed E-state index contributed by atoms with van der Waals surface area (Å²) < 4.78 is 0. The van der Waals surface area contributed by atoms with Crippen LogP contribution in [0.15, 0.2) is 0 Å². The van der Waals surface area contributed by atoms with Crippen molar-refractivity contribution in [3.8, 4) is 6.07 Å². The molecule has 0 unspecified atom stereocenters. The molecule has 1 aliphatic carbocycles. The predicted molar refractivity (Wildman–Crippen MR) is 83.2 cm³/mol. The highest BCUT2D eigenvalue weighted by Crippen LogP contribution is 2.37. The molecule has 20 heavy (non-hydrogen) atoms. The summed E-state index contributed by atoms with van der Waals surface area (Å²) in [4.78, 5) is 12.4. The Balaban J connectivity index is 2.22. The molecule has 1 fully saturated rings. The van der Waals surface area contributed by atoms with Crippen molar-refractivity contribution >= 4 is 27.8 Å². The van der Waals surface area contributed by atoms with Crippen LogP contribution in [0.4, 0.5) is 10.7 Å². The van der Waals surface area contributed by atoms with Gasteiger partial charge < -0.3 is 11.1 Å². The van der Waals surface area contributed by atoms with Gasteiger partial charge in [0, 0.05) is 12.5 Å². The number of nitrogen functional groups attached to an aromatic ring is 1. The van der Waals surface area contributed by atoms with Crippen LogP contribution in [0.1, 0.15) is 67.1 Å². The highest BCUT2D eigenvalue weighted by molar-refractivity contribution is 7.19. The Bertz CT molecular complexity index is 522. The average molecular weight is 291 g/mol. The monoisotopic (exact) mass is 291 g/mol. The molecule has 4 nitrogen and oxygen atoms in total. The second-order valence-electron chi connectivity index (χ2n) is 5.27. The predicted octanol–water partition coefficient (Wildman–Crippen LogP) is 3.93. The van der Waals surface area contributed by atoms with Crippen molar-refractivity contribution in [2.75, 3.05) is 11.1 Å². The standard InChI is InChI=1S/C15H21N3OS/c1-2-12(19)14-13(17)11(9-16)15(20-14)18-10-7-5-3-4-6-8-10/h10,18H,2-8,17H2,1H3. The van der Waals surface area contributed by atoms with Crippen LogP contribution in [-0.4, -0.2) is 11.8 Å². The summed E-state index contributed by atoms with van der Waals surface area (Å²) in [6, 6.07) is 2.53. The Morgan fingerprint density at radius 1 is 1.40 bits per heavy atom. The van der Waals surface area contributed by atoms with Crippen molar-refractivity contribution in [1.82, 2.24) is 0 Å². The van der Waals surface area contributed by atoms with Gasteiger partial charge in [-0.1, -0.05) is 32.6 Å². The number of Topliss-reactive ketones (excluding diaryl/α,β-unsaturated/α-hetero) is 1. The van der Waals surface area contributed by atoms with E-state index >= 15 is 0 Å². The van der Waals surface area contributed by atoms with Gasteiger partial charge in [0.2, 0.25) is 0 Å². The van der Waals surface area contributed by atoms with E-state index in [-0.39, 0.29) is 5.78 Å². The van der Waals surface area contributed by atoms with Crippen LogP contribution >= 0.6 is 11.3 Å². The maximum atomic E-state index is 11.9. The van der Waals surface area contributed by atoms with E-state index in [4.69, 9.17) is 5.73 Å². The molecule has 0 radical (unpaired) electrons. The zero-order valence-corrected chi connectivity index (χ0v) is 12.7.